The Bertz CT molecular complexity index is 250. The van der Waals surface area contributed by atoms with E-state index >= 15 is 0 Å². The van der Waals surface area contributed by atoms with Crippen LogP contribution < -0.4 is 5.32 Å². The minimum absolute atomic E-state index is 0.344. The highest BCUT2D eigenvalue weighted by atomic mass is 16.4. The third-order valence-corrected chi connectivity index (χ3v) is 1.44. The molecular weight excluding hydrogens is 168 g/mol. The van der Waals surface area contributed by atoms with Gasteiger partial charge in [0.15, 0.2) is 0 Å². The second-order valence-electron chi connectivity index (χ2n) is 2.23. The summed E-state index contributed by atoms with van der Waals surface area (Å²) in [5, 5.41) is 18.7. The second kappa shape index (κ2) is 2.68. The van der Waals surface area contributed by atoms with Gasteiger partial charge in [-0.05, 0) is 0 Å². The molecule has 1 saturated heterocycles. The van der Waals surface area contributed by atoms with Crippen molar-refractivity contribution in [2.75, 3.05) is 6.54 Å². The predicted octanol–water partition coefficient (Wildman–Crippen LogP) is -0.857. The third kappa shape index (κ3) is 1.29. The molecule has 0 aliphatic carbocycles. The molecule has 0 unspecified atom stereocenters. The minimum atomic E-state index is -1.45. The van der Waals surface area contributed by atoms with Crippen LogP contribution in [-0.2, 0) is 4.79 Å². The summed E-state index contributed by atoms with van der Waals surface area (Å²) in [6.45, 7) is -0.344. The molecule has 0 aromatic rings. The molecule has 7 heteroatoms. The highest BCUT2D eigenvalue weighted by Gasteiger charge is 2.36. The Kier molecular flexibility index (Phi) is 1.86. The van der Waals surface area contributed by atoms with Gasteiger partial charge in [-0.15, -0.1) is 0 Å². The van der Waals surface area contributed by atoms with Gasteiger partial charge in [-0.25, -0.2) is 19.3 Å². The van der Waals surface area contributed by atoms with E-state index in [-0.39, 0.29) is 6.54 Å². The number of nitrogens with zero attached hydrogens (tertiary/aromatic N) is 1. The fourth-order valence-electron chi connectivity index (χ4n) is 0.843. The van der Waals surface area contributed by atoms with Gasteiger partial charge in [0.1, 0.15) is 6.04 Å². The van der Waals surface area contributed by atoms with E-state index in [1.54, 1.807) is 0 Å². The minimum Gasteiger partial charge on any atom is -0.480 e. The van der Waals surface area contributed by atoms with Gasteiger partial charge in [-0.2, -0.15) is 0 Å². The maximum Gasteiger partial charge on any atom is 0.415 e. The molecule has 0 spiro atoms. The number of carboxylic acid groups (broad SMARTS) is 2. The molecule has 1 atom stereocenters. The van der Waals surface area contributed by atoms with Gasteiger partial charge in [0, 0.05) is 0 Å². The Balaban J connectivity index is 2.68. The number of carbonyl (C=O) groups is 3. The lowest BCUT2D eigenvalue weighted by Crippen LogP contribution is -2.34. The van der Waals surface area contributed by atoms with Crippen LogP contribution in [0.5, 0.6) is 0 Å². The van der Waals surface area contributed by atoms with Crippen LogP contribution in [0.3, 0.4) is 0 Å². The molecule has 0 bridgehead atoms. The highest BCUT2D eigenvalue weighted by molar-refractivity contribution is 5.95. The van der Waals surface area contributed by atoms with Crippen molar-refractivity contribution in [3.8, 4) is 0 Å². The largest absolute Gasteiger partial charge is 0.480 e. The summed E-state index contributed by atoms with van der Waals surface area (Å²) in [5.74, 6) is -1.24. The molecule has 1 aliphatic rings. The summed E-state index contributed by atoms with van der Waals surface area (Å²) >= 11 is 0. The van der Waals surface area contributed by atoms with Gasteiger partial charge in [0.05, 0.1) is 6.54 Å². The van der Waals surface area contributed by atoms with Crippen molar-refractivity contribution in [2.24, 2.45) is 0 Å². The number of carboxylic acids is 1. The van der Waals surface area contributed by atoms with Crippen LogP contribution in [0.25, 0.3) is 0 Å². The maximum absolute atomic E-state index is 10.7. The zero-order valence-electron chi connectivity index (χ0n) is 5.85. The van der Waals surface area contributed by atoms with Gasteiger partial charge < -0.3 is 15.5 Å². The molecular formula is C5H6N2O5. The smallest absolute Gasteiger partial charge is 0.415 e. The molecule has 0 saturated carbocycles. The van der Waals surface area contributed by atoms with Gasteiger partial charge in [-0.3, -0.25) is 0 Å². The van der Waals surface area contributed by atoms with Crippen LogP contribution in [0.15, 0.2) is 0 Å². The zero-order valence-corrected chi connectivity index (χ0v) is 5.85. The molecule has 3 N–H and O–H groups in total. The van der Waals surface area contributed by atoms with Crippen molar-refractivity contribution in [2.45, 2.75) is 6.04 Å². The number of hydrogen-bond acceptors (Lipinski definition) is 3. The number of aliphatic carboxylic acids is 1. The summed E-state index contributed by atoms with van der Waals surface area (Å²) in [4.78, 5) is 31.6. The Morgan fingerprint density at radius 3 is 2.33 bits per heavy atom. The Morgan fingerprint density at radius 2 is 2.08 bits per heavy atom. The number of urea groups is 1. The topological polar surface area (TPSA) is 107 Å². The molecule has 1 aliphatic heterocycles. The van der Waals surface area contributed by atoms with E-state index in [1.807, 2.05) is 5.32 Å². The lowest BCUT2D eigenvalue weighted by molar-refractivity contribution is -0.138. The third-order valence-electron chi connectivity index (χ3n) is 1.44. The number of amides is 3. The molecule has 66 valence electrons. The van der Waals surface area contributed by atoms with Crippen LogP contribution in [0, 0.1) is 0 Å². The summed E-state index contributed by atoms with van der Waals surface area (Å²) in [6, 6.07) is -2.02. The highest BCUT2D eigenvalue weighted by Crippen LogP contribution is 2.03. The van der Waals surface area contributed by atoms with E-state index in [0.717, 1.165) is 0 Å². The van der Waals surface area contributed by atoms with Crippen molar-refractivity contribution in [3.63, 3.8) is 0 Å². The molecule has 0 radical (unpaired) electrons. The van der Waals surface area contributed by atoms with Crippen molar-refractivity contribution < 1.29 is 24.6 Å². The van der Waals surface area contributed by atoms with Crippen LogP contribution in [-0.4, -0.2) is 45.8 Å². The van der Waals surface area contributed by atoms with Crippen LogP contribution in [0.4, 0.5) is 9.59 Å². The summed E-state index contributed by atoms with van der Waals surface area (Å²) in [6.07, 6.45) is -1.45. The lowest BCUT2D eigenvalue weighted by atomic mass is 10.3. The molecule has 1 rings (SSSR count). The van der Waals surface area contributed by atoms with Gasteiger partial charge in [-0.1, -0.05) is 0 Å². The van der Waals surface area contributed by atoms with Crippen molar-refractivity contribution in [1.82, 2.24) is 10.2 Å². The Hall–Kier alpha value is -1.79. The number of imide groups is 1. The maximum atomic E-state index is 10.7. The lowest BCUT2D eigenvalue weighted by Gasteiger charge is -2.04. The van der Waals surface area contributed by atoms with Crippen molar-refractivity contribution in [3.05, 3.63) is 0 Å². The second-order valence-corrected chi connectivity index (χ2v) is 2.23. The van der Waals surface area contributed by atoms with Crippen LogP contribution in [0.2, 0.25) is 0 Å². The first-order chi connectivity index (χ1) is 5.52. The molecule has 1 heterocycles. The quantitative estimate of drug-likeness (QED) is 0.479. The van der Waals surface area contributed by atoms with Crippen molar-refractivity contribution in [1.29, 1.82) is 0 Å². The Labute approximate surface area is 66.6 Å². The van der Waals surface area contributed by atoms with E-state index in [9.17, 15) is 14.4 Å². The summed E-state index contributed by atoms with van der Waals surface area (Å²) in [7, 11) is 0. The summed E-state index contributed by atoms with van der Waals surface area (Å²) < 4.78 is 0. The van der Waals surface area contributed by atoms with Gasteiger partial charge in [0.2, 0.25) is 0 Å². The number of carbonyl (C=O) groups excluding carboxylic acids is 1. The van der Waals surface area contributed by atoms with E-state index in [1.165, 1.54) is 0 Å². The predicted molar refractivity (Wildman–Crippen MR) is 34.7 cm³/mol. The summed E-state index contributed by atoms with van der Waals surface area (Å²) in [5.41, 5.74) is 0. The molecule has 7 nitrogen and oxygen atoms in total. The average molecular weight is 174 g/mol. The average Bonchev–Trinajstić information content (AvgIpc) is 2.30. The van der Waals surface area contributed by atoms with E-state index in [0.29, 0.717) is 4.90 Å². The first-order valence-electron chi connectivity index (χ1n) is 3.06. The molecule has 3 amide bonds. The fraction of sp³-hybridized carbons (Fsp3) is 0.400. The fourth-order valence-corrected chi connectivity index (χ4v) is 0.843. The standard InChI is InChI=1S/C5H6N2O5/c8-3(9)2-1-7(5(11)12)4(10)6-2/h2H,1H2,(H,6,10)(H,8,9)(H,11,12)/t2-/m0/s1. The number of rotatable bonds is 1. The zero-order chi connectivity index (χ0) is 9.30. The van der Waals surface area contributed by atoms with Gasteiger partial charge in [0.25, 0.3) is 0 Å². The Morgan fingerprint density at radius 1 is 1.50 bits per heavy atom. The molecule has 0 aromatic heterocycles. The molecule has 12 heavy (non-hydrogen) atoms. The van der Waals surface area contributed by atoms with E-state index in [2.05, 4.69) is 0 Å². The SMILES string of the molecule is O=C(O)[C@@H]1CN(C(=O)O)C(=O)N1. The first kappa shape index (κ1) is 8.31. The molecule has 1 fully saturated rings. The van der Waals surface area contributed by atoms with Gasteiger partial charge >= 0.3 is 18.1 Å². The van der Waals surface area contributed by atoms with Crippen LogP contribution >= 0.6 is 0 Å². The molecule has 0 aromatic carbocycles. The monoisotopic (exact) mass is 174 g/mol. The number of hydrogen-bond donors (Lipinski definition) is 3. The van der Waals surface area contributed by atoms with Crippen LogP contribution in [0.1, 0.15) is 0 Å². The van der Waals surface area contributed by atoms with Crippen molar-refractivity contribution >= 4 is 18.1 Å². The normalized spacial score (nSPS) is 22.2. The van der Waals surface area contributed by atoms with E-state index < -0.39 is 24.1 Å². The first-order valence-corrected chi connectivity index (χ1v) is 3.06. The van der Waals surface area contributed by atoms with E-state index in [4.69, 9.17) is 10.2 Å². The number of nitrogens with one attached hydrogen (secondary N) is 1.